The van der Waals surface area contributed by atoms with Gasteiger partial charge < -0.3 is 19.4 Å². The van der Waals surface area contributed by atoms with Gasteiger partial charge in [-0.3, -0.25) is 9.59 Å². The van der Waals surface area contributed by atoms with Crippen LogP contribution < -0.4 is 20.3 Å². The van der Waals surface area contributed by atoms with E-state index in [1.165, 1.54) is 12.8 Å². The van der Waals surface area contributed by atoms with Crippen molar-refractivity contribution in [2.45, 2.75) is 26.3 Å². The summed E-state index contributed by atoms with van der Waals surface area (Å²) in [6, 6.07) is 14.5. The number of benzene rings is 2. The van der Waals surface area contributed by atoms with E-state index >= 15 is 0 Å². The first-order valence-corrected chi connectivity index (χ1v) is 9.74. The Morgan fingerprint density at radius 2 is 1.97 bits per heavy atom. The summed E-state index contributed by atoms with van der Waals surface area (Å²) in [5.41, 5.74) is 2.45. The van der Waals surface area contributed by atoms with Crippen LogP contribution in [0, 0.1) is 12.8 Å². The second-order valence-corrected chi connectivity index (χ2v) is 7.47. The van der Waals surface area contributed by atoms with Crippen molar-refractivity contribution in [3.05, 3.63) is 64.4 Å². The van der Waals surface area contributed by atoms with Gasteiger partial charge in [-0.25, -0.2) is 0 Å². The van der Waals surface area contributed by atoms with Crippen LogP contribution >= 0.6 is 0 Å². The lowest BCUT2D eigenvalue weighted by Gasteiger charge is -2.14. The van der Waals surface area contributed by atoms with E-state index in [9.17, 15) is 9.59 Å². The summed E-state index contributed by atoms with van der Waals surface area (Å²) in [5, 5.41) is 3.82. The zero-order valence-corrected chi connectivity index (χ0v) is 16.6. The molecule has 1 aliphatic carbocycles. The fourth-order valence-corrected chi connectivity index (χ4v) is 3.41. The molecule has 0 spiro atoms. The Morgan fingerprint density at radius 1 is 1.14 bits per heavy atom. The van der Waals surface area contributed by atoms with Crippen molar-refractivity contribution in [3.63, 3.8) is 0 Å². The van der Waals surface area contributed by atoms with E-state index in [2.05, 4.69) is 5.32 Å². The lowest BCUT2D eigenvalue weighted by atomic mass is 10.1. The summed E-state index contributed by atoms with van der Waals surface area (Å²) in [4.78, 5) is 24.7. The third-order valence-corrected chi connectivity index (χ3v) is 5.15. The Labute approximate surface area is 169 Å². The highest BCUT2D eigenvalue weighted by Gasteiger charge is 2.23. The zero-order chi connectivity index (χ0) is 20.4. The van der Waals surface area contributed by atoms with E-state index in [0.717, 1.165) is 23.0 Å². The first-order valence-electron chi connectivity index (χ1n) is 9.74. The molecule has 29 heavy (non-hydrogen) atoms. The highest BCUT2D eigenvalue weighted by Crippen LogP contribution is 2.32. The van der Waals surface area contributed by atoms with Gasteiger partial charge in [-0.1, -0.05) is 6.07 Å². The second-order valence-electron chi connectivity index (χ2n) is 7.47. The Bertz CT molecular complexity index is 1120. The van der Waals surface area contributed by atoms with Crippen molar-refractivity contribution in [2.75, 3.05) is 19.0 Å². The standard InChI is InChI=1S/C23H24N2O4/c1-15-10-23(27)25(13-16-6-7-16)21-12-19(8-9-20(15)21)29-14-22(26)24-17-4-3-5-18(11-17)28-2/h3-5,8-12,16H,6-7,13-14H2,1-2H3,(H,24,26). The van der Waals surface area contributed by atoms with Crippen LogP contribution in [0.25, 0.3) is 10.9 Å². The Kier molecular flexibility index (Phi) is 5.25. The Hall–Kier alpha value is -3.28. The van der Waals surface area contributed by atoms with Crippen LogP contribution in [0.1, 0.15) is 18.4 Å². The van der Waals surface area contributed by atoms with Crippen LogP contribution in [0.3, 0.4) is 0 Å². The average molecular weight is 392 g/mol. The van der Waals surface area contributed by atoms with E-state index in [0.29, 0.717) is 23.1 Å². The number of aromatic nitrogens is 1. The molecule has 1 aromatic heterocycles. The summed E-state index contributed by atoms with van der Waals surface area (Å²) in [6.07, 6.45) is 2.34. The molecule has 1 saturated carbocycles. The summed E-state index contributed by atoms with van der Waals surface area (Å²) < 4.78 is 12.7. The number of nitrogens with one attached hydrogen (secondary N) is 1. The summed E-state index contributed by atoms with van der Waals surface area (Å²) in [5.74, 6) is 1.55. The number of anilines is 1. The number of ether oxygens (including phenoxy) is 2. The van der Waals surface area contributed by atoms with Gasteiger partial charge in [0.25, 0.3) is 11.5 Å². The van der Waals surface area contributed by atoms with E-state index in [-0.39, 0.29) is 18.1 Å². The van der Waals surface area contributed by atoms with Crippen molar-refractivity contribution in [2.24, 2.45) is 5.92 Å². The maximum absolute atomic E-state index is 12.5. The van der Waals surface area contributed by atoms with Crippen molar-refractivity contribution >= 4 is 22.5 Å². The SMILES string of the molecule is COc1cccc(NC(=O)COc2ccc3c(C)cc(=O)n(CC4CC4)c3c2)c1. The minimum atomic E-state index is -0.266. The number of amides is 1. The zero-order valence-electron chi connectivity index (χ0n) is 16.6. The molecule has 0 bridgehead atoms. The number of nitrogens with zero attached hydrogens (tertiary/aromatic N) is 1. The monoisotopic (exact) mass is 392 g/mol. The van der Waals surface area contributed by atoms with Gasteiger partial charge >= 0.3 is 0 Å². The van der Waals surface area contributed by atoms with Crippen molar-refractivity contribution < 1.29 is 14.3 Å². The topological polar surface area (TPSA) is 69.6 Å². The molecule has 0 aliphatic heterocycles. The third kappa shape index (κ3) is 4.42. The highest BCUT2D eigenvalue weighted by molar-refractivity contribution is 5.92. The number of fused-ring (bicyclic) bond motifs is 1. The van der Waals surface area contributed by atoms with Gasteiger partial charge in [-0.15, -0.1) is 0 Å². The molecule has 1 amide bonds. The van der Waals surface area contributed by atoms with Crippen LogP contribution in [-0.2, 0) is 11.3 Å². The second kappa shape index (κ2) is 7.99. The molecule has 1 N–H and O–H groups in total. The van der Waals surface area contributed by atoms with E-state index < -0.39 is 0 Å². The Morgan fingerprint density at radius 3 is 2.72 bits per heavy atom. The molecular formula is C23H24N2O4. The van der Waals surface area contributed by atoms with Gasteiger partial charge in [0.2, 0.25) is 0 Å². The van der Waals surface area contributed by atoms with E-state index in [1.807, 2.05) is 35.8 Å². The predicted molar refractivity (Wildman–Crippen MR) is 113 cm³/mol. The van der Waals surface area contributed by atoms with Crippen LogP contribution in [0.2, 0.25) is 0 Å². The maximum atomic E-state index is 12.5. The normalized spacial score (nSPS) is 13.3. The molecule has 0 saturated heterocycles. The molecule has 1 aliphatic rings. The van der Waals surface area contributed by atoms with E-state index in [1.54, 1.807) is 31.4 Å². The quantitative estimate of drug-likeness (QED) is 0.665. The van der Waals surface area contributed by atoms with Crippen LogP contribution in [0.5, 0.6) is 11.5 Å². The van der Waals surface area contributed by atoms with E-state index in [4.69, 9.17) is 9.47 Å². The minimum Gasteiger partial charge on any atom is -0.497 e. The smallest absolute Gasteiger partial charge is 0.262 e. The number of methoxy groups -OCH3 is 1. The minimum absolute atomic E-state index is 0.00909. The maximum Gasteiger partial charge on any atom is 0.262 e. The molecule has 6 nitrogen and oxygen atoms in total. The number of aryl methyl sites for hydroxylation is 1. The van der Waals surface area contributed by atoms with Crippen molar-refractivity contribution in [1.82, 2.24) is 4.57 Å². The number of pyridine rings is 1. The lowest BCUT2D eigenvalue weighted by molar-refractivity contribution is -0.118. The van der Waals surface area contributed by atoms with Gasteiger partial charge in [0.05, 0.1) is 12.6 Å². The highest BCUT2D eigenvalue weighted by atomic mass is 16.5. The largest absolute Gasteiger partial charge is 0.497 e. The number of hydrogen-bond donors (Lipinski definition) is 1. The molecule has 6 heteroatoms. The van der Waals surface area contributed by atoms with Gasteiger partial charge in [0.1, 0.15) is 11.5 Å². The molecule has 1 fully saturated rings. The summed E-state index contributed by atoms with van der Waals surface area (Å²) >= 11 is 0. The Balaban J connectivity index is 1.50. The number of carbonyl (C=O) groups is 1. The number of rotatable bonds is 7. The number of hydrogen-bond acceptors (Lipinski definition) is 4. The number of carbonyl (C=O) groups excluding carboxylic acids is 1. The van der Waals surface area contributed by atoms with Crippen LogP contribution in [0.15, 0.2) is 53.3 Å². The summed E-state index contributed by atoms with van der Waals surface area (Å²) in [6.45, 7) is 2.55. The fourth-order valence-electron chi connectivity index (χ4n) is 3.41. The first kappa shape index (κ1) is 19.1. The molecule has 1 heterocycles. The van der Waals surface area contributed by atoms with Gasteiger partial charge in [-0.05, 0) is 55.5 Å². The van der Waals surface area contributed by atoms with Crippen molar-refractivity contribution in [1.29, 1.82) is 0 Å². The molecule has 2 aromatic carbocycles. The first-order chi connectivity index (χ1) is 14.0. The van der Waals surface area contributed by atoms with Gasteiger partial charge in [0, 0.05) is 35.8 Å². The molecular weight excluding hydrogens is 368 g/mol. The predicted octanol–water partition coefficient (Wildman–Crippen LogP) is 3.75. The lowest BCUT2D eigenvalue weighted by Crippen LogP contribution is -2.22. The average Bonchev–Trinajstić information content (AvgIpc) is 3.54. The molecule has 0 atom stereocenters. The molecule has 3 aromatic rings. The van der Waals surface area contributed by atoms with Crippen molar-refractivity contribution in [3.8, 4) is 11.5 Å². The fraction of sp³-hybridized carbons (Fsp3) is 0.304. The third-order valence-electron chi connectivity index (χ3n) is 5.15. The molecule has 0 unspecified atom stereocenters. The molecule has 150 valence electrons. The molecule has 0 radical (unpaired) electrons. The van der Waals surface area contributed by atoms with Crippen LogP contribution in [0.4, 0.5) is 5.69 Å². The van der Waals surface area contributed by atoms with Crippen LogP contribution in [-0.4, -0.2) is 24.2 Å². The van der Waals surface area contributed by atoms with Gasteiger partial charge in [0.15, 0.2) is 6.61 Å². The molecule has 4 rings (SSSR count). The van der Waals surface area contributed by atoms with Gasteiger partial charge in [-0.2, -0.15) is 0 Å². The summed E-state index contributed by atoms with van der Waals surface area (Å²) in [7, 11) is 1.58.